The van der Waals surface area contributed by atoms with Crippen molar-refractivity contribution in [2.75, 3.05) is 0 Å². The topological polar surface area (TPSA) is 98.9 Å². The van der Waals surface area contributed by atoms with Crippen LogP contribution < -0.4 is 5.73 Å². The molecule has 0 fully saturated rings. The van der Waals surface area contributed by atoms with Crippen molar-refractivity contribution in [2.24, 2.45) is 5.73 Å². The maximum Gasteiger partial charge on any atom is 0.294 e. The molecular weight excluding hydrogens is 402 g/mol. The second kappa shape index (κ2) is 9.58. The SMILES string of the molecule is CC(C)(C)OOC(C)(C)c1ccc(C(C)(C)N)cc1.Cc1ccc(S(=O)(=O)O)cc1. The molecule has 0 saturated carbocycles. The van der Waals surface area contributed by atoms with Crippen LogP contribution in [-0.2, 0) is 31.0 Å². The molecule has 2 aromatic rings. The normalized spacial score (nSPS) is 12.9. The summed E-state index contributed by atoms with van der Waals surface area (Å²) >= 11 is 0. The van der Waals surface area contributed by atoms with E-state index < -0.39 is 15.7 Å². The third-order valence-electron chi connectivity index (χ3n) is 4.14. The molecule has 0 amide bonds. The summed E-state index contributed by atoms with van der Waals surface area (Å²) in [6.45, 7) is 15.7. The molecular formula is C23H35NO5S. The van der Waals surface area contributed by atoms with Crippen LogP contribution in [0.25, 0.3) is 0 Å². The van der Waals surface area contributed by atoms with Crippen molar-refractivity contribution in [3.05, 3.63) is 65.2 Å². The lowest BCUT2D eigenvalue weighted by Crippen LogP contribution is -2.30. The largest absolute Gasteiger partial charge is 0.322 e. The molecule has 30 heavy (non-hydrogen) atoms. The van der Waals surface area contributed by atoms with E-state index in [1.165, 1.54) is 12.1 Å². The number of nitrogens with two attached hydrogens (primary N) is 1. The summed E-state index contributed by atoms with van der Waals surface area (Å²) < 4.78 is 29.6. The first kappa shape index (κ1) is 26.3. The van der Waals surface area contributed by atoms with E-state index in [1.807, 2.05) is 79.7 Å². The minimum Gasteiger partial charge on any atom is -0.322 e. The van der Waals surface area contributed by atoms with Crippen LogP contribution in [-0.4, -0.2) is 18.6 Å². The average Bonchev–Trinajstić information content (AvgIpc) is 2.59. The lowest BCUT2D eigenvalue weighted by Gasteiger charge is -2.29. The first-order valence-corrected chi connectivity index (χ1v) is 11.2. The van der Waals surface area contributed by atoms with Crippen LogP contribution in [0.15, 0.2) is 53.4 Å². The van der Waals surface area contributed by atoms with Crippen LogP contribution in [0, 0.1) is 6.92 Å². The number of rotatable bonds is 5. The first-order valence-electron chi connectivity index (χ1n) is 9.73. The third-order valence-corrected chi connectivity index (χ3v) is 5.01. The van der Waals surface area contributed by atoms with E-state index in [-0.39, 0.29) is 16.0 Å². The van der Waals surface area contributed by atoms with E-state index in [0.29, 0.717) is 0 Å². The Bertz CT molecular complexity index is 904. The fraction of sp³-hybridized carbons (Fsp3) is 0.478. The van der Waals surface area contributed by atoms with Gasteiger partial charge in [-0.2, -0.15) is 8.42 Å². The van der Waals surface area contributed by atoms with Gasteiger partial charge in [-0.05, 0) is 78.6 Å². The smallest absolute Gasteiger partial charge is 0.294 e. The Labute approximate surface area is 181 Å². The fourth-order valence-corrected chi connectivity index (χ4v) is 2.77. The van der Waals surface area contributed by atoms with Gasteiger partial charge in [-0.15, -0.1) is 0 Å². The Morgan fingerprint density at radius 2 is 1.20 bits per heavy atom. The van der Waals surface area contributed by atoms with Crippen LogP contribution >= 0.6 is 0 Å². The third kappa shape index (κ3) is 8.93. The van der Waals surface area contributed by atoms with E-state index in [0.717, 1.165) is 16.7 Å². The average molecular weight is 438 g/mol. The van der Waals surface area contributed by atoms with Crippen LogP contribution in [0.3, 0.4) is 0 Å². The molecule has 2 rings (SSSR count). The highest BCUT2D eigenvalue weighted by molar-refractivity contribution is 7.85. The lowest BCUT2D eigenvalue weighted by molar-refractivity contribution is -0.401. The van der Waals surface area contributed by atoms with Gasteiger partial charge in [-0.3, -0.25) is 4.55 Å². The molecule has 0 aliphatic rings. The maximum absolute atomic E-state index is 10.5. The highest BCUT2D eigenvalue weighted by Crippen LogP contribution is 2.28. The van der Waals surface area contributed by atoms with Crippen molar-refractivity contribution in [2.45, 2.75) is 77.0 Å². The highest BCUT2D eigenvalue weighted by Gasteiger charge is 2.26. The molecule has 0 heterocycles. The summed E-state index contributed by atoms with van der Waals surface area (Å²) in [6.07, 6.45) is 0. The fourth-order valence-electron chi connectivity index (χ4n) is 2.29. The Balaban J connectivity index is 0.000000346. The molecule has 0 saturated heterocycles. The van der Waals surface area contributed by atoms with E-state index in [2.05, 4.69) is 0 Å². The number of aryl methyl sites for hydroxylation is 1. The molecule has 2 aromatic carbocycles. The van der Waals surface area contributed by atoms with Crippen LogP contribution in [0.4, 0.5) is 0 Å². The first-order chi connectivity index (χ1) is 13.4. The molecule has 0 unspecified atom stereocenters. The molecule has 168 valence electrons. The number of benzene rings is 2. The van der Waals surface area contributed by atoms with Crippen molar-refractivity contribution in [3.8, 4) is 0 Å². The van der Waals surface area contributed by atoms with E-state index in [9.17, 15) is 8.42 Å². The Kier molecular flexibility index (Phi) is 8.38. The van der Waals surface area contributed by atoms with Gasteiger partial charge in [0.05, 0.1) is 10.5 Å². The minimum atomic E-state index is -4.02. The van der Waals surface area contributed by atoms with Gasteiger partial charge in [-0.25, -0.2) is 9.78 Å². The van der Waals surface area contributed by atoms with Crippen molar-refractivity contribution < 1.29 is 22.7 Å². The van der Waals surface area contributed by atoms with Crippen LogP contribution in [0.2, 0.25) is 0 Å². The maximum atomic E-state index is 10.5. The summed E-state index contributed by atoms with van der Waals surface area (Å²) in [5.41, 5.74) is 8.05. The van der Waals surface area contributed by atoms with E-state index in [1.54, 1.807) is 12.1 Å². The highest BCUT2D eigenvalue weighted by atomic mass is 32.2. The van der Waals surface area contributed by atoms with Gasteiger partial charge >= 0.3 is 0 Å². The summed E-state index contributed by atoms with van der Waals surface area (Å²) in [5, 5.41) is 0. The van der Waals surface area contributed by atoms with Crippen molar-refractivity contribution in [3.63, 3.8) is 0 Å². The number of hydrogen-bond donors (Lipinski definition) is 2. The Morgan fingerprint density at radius 3 is 1.57 bits per heavy atom. The quantitative estimate of drug-likeness (QED) is 0.383. The van der Waals surface area contributed by atoms with Gasteiger partial charge in [0.2, 0.25) is 0 Å². The van der Waals surface area contributed by atoms with Gasteiger partial charge in [0.1, 0.15) is 5.60 Å². The molecule has 3 N–H and O–H groups in total. The van der Waals surface area contributed by atoms with Crippen LogP contribution in [0.1, 0.15) is 65.2 Å². The molecule has 0 aliphatic heterocycles. The summed E-state index contributed by atoms with van der Waals surface area (Å²) in [6, 6.07) is 14.1. The van der Waals surface area contributed by atoms with Crippen LogP contribution in [0.5, 0.6) is 0 Å². The Hall–Kier alpha value is -1.77. The number of hydrogen-bond acceptors (Lipinski definition) is 5. The Morgan fingerprint density at radius 1 is 0.767 bits per heavy atom. The predicted octanol–water partition coefficient (Wildman–Crippen LogP) is 5.10. The molecule has 0 spiro atoms. The molecule has 0 aliphatic carbocycles. The van der Waals surface area contributed by atoms with Gasteiger partial charge in [0, 0.05) is 5.54 Å². The molecule has 0 atom stereocenters. The zero-order valence-electron chi connectivity index (χ0n) is 19.2. The van der Waals surface area contributed by atoms with Crippen molar-refractivity contribution in [1.29, 1.82) is 0 Å². The molecule has 7 heteroatoms. The van der Waals surface area contributed by atoms with E-state index in [4.69, 9.17) is 20.1 Å². The van der Waals surface area contributed by atoms with Gasteiger partial charge in [0.15, 0.2) is 0 Å². The van der Waals surface area contributed by atoms with Gasteiger partial charge < -0.3 is 5.73 Å². The molecule has 6 nitrogen and oxygen atoms in total. The second-order valence-corrected chi connectivity index (χ2v) is 10.8. The monoisotopic (exact) mass is 437 g/mol. The zero-order valence-corrected chi connectivity index (χ0v) is 20.0. The van der Waals surface area contributed by atoms with Crippen molar-refractivity contribution in [1.82, 2.24) is 0 Å². The lowest BCUT2D eigenvalue weighted by atomic mass is 9.91. The summed E-state index contributed by atoms with van der Waals surface area (Å²) in [5.74, 6) is 0. The second-order valence-electron chi connectivity index (χ2n) is 9.38. The molecule has 0 aromatic heterocycles. The predicted molar refractivity (Wildman–Crippen MR) is 120 cm³/mol. The van der Waals surface area contributed by atoms with Gasteiger partial charge in [0.25, 0.3) is 10.1 Å². The van der Waals surface area contributed by atoms with Gasteiger partial charge in [-0.1, -0.05) is 42.0 Å². The van der Waals surface area contributed by atoms with E-state index >= 15 is 0 Å². The zero-order chi connectivity index (χ0) is 23.4. The summed E-state index contributed by atoms with van der Waals surface area (Å²) in [4.78, 5) is 10.9. The minimum absolute atomic E-state index is 0.0666. The van der Waals surface area contributed by atoms with Crippen molar-refractivity contribution >= 4 is 10.1 Å². The summed E-state index contributed by atoms with van der Waals surface area (Å²) in [7, 11) is -4.02. The molecule has 0 bridgehead atoms. The standard InChI is InChI=1S/C16H27NO2.C7H8O3S/c1-14(2,3)18-19-16(6,7)13-10-8-12(9-11-13)15(4,5)17;1-6-2-4-7(5-3-6)11(8,9)10/h8-11H,17H2,1-7H3;2-5H,1H3,(H,8,9,10). The molecule has 0 radical (unpaired) electrons.